The van der Waals surface area contributed by atoms with Crippen LogP contribution >= 0.6 is 23.2 Å². The van der Waals surface area contributed by atoms with Crippen molar-refractivity contribution < 1.29 is 9.53 Å². The van der Waals surface area contributed by atoms with E-state index in [1.165, 1.54) is 0 Å². The van der Waals surface area contributed by atoms with Gasteiger partial charge in [0.2, 0.25) is 0 Å². The number of halogens is 2. The molecular formula is C16H15Cl2N3O2. The van der Waals surface area contributed by atoms with Crippen LogP contribution in [0.2, 0.25) is 10.0 Å². The molecule has 1 amide bonds. The minimum atomic E-state index is -0.0341. The molecule has 0 aliphatic carbocycles. The van der Waals surface area contributed by atoms with Gasteiger partial charge in [0.25, 0.3) is 5.91 Å². The topological polar surface area (TPSA) is 54.5 Å². The summed E-state index contributed by atoms with van der Waals surface area (Å²) in [7, 11) is 0. The fraction of sp³-hybridized carbons (Fsp3) is 0.250. The number of hydrogen-bond acceptors (Lipinski definition) is 4. The highest BCUT2D eigenvalue weighted by Gasteiger charge is 2.18. The first kappa shape index (κ1) is 16.1. The molecule has 0 atom stereocenters. The average Bonchev–Trinajstić information content (AvgIpc) is 2.59. The molecule has 1 aromatic heterocycles. The third-order valence-electron chi connectivity index (χ3n) is 3.50. The number of rotatable bonds is 3. The van der Waals surface area contributed by atoms with Crippen molar-refractivity contribution in [3.63, 3.8) is 0 Å². The summed E-state index contributed by atoms with van der Waals surface area (Å²) in [6.07, 6.45) is 1.55. The smallest absolute Gasteiger partial charge is 0.255 e. The Morgan fingerprint density at radius 3 is 2.65 bits per heavy atom. The summed E-state index contributed by atoms with van der Waals surface area (Å²) in [5.41, 5.74) is 1.22. The van der Waals surface area contributed by atoms with Crippen LogP contribution in [0.4, 0.5) is 11.5 Å². The number of ether oxygens (including phenoxy) is 1. The number of nitrogens with one attached hydrogen (secondary N) is 1. The second-order valence-electron chi connectivity index (χ2n) is 5.09. The highest BCUT2D eigenvalue weighted by atomic mass is 35.5. The van der Waals surface area contributed by atoms with E-state index in [1.807, 2.05) is 0 Å². The number of anilines is 2. The predicted molar refractivity (Wildman–Crippen MR) is 90.7 cm³/mol. The Balaban J connectivity index is 1.71. The van der Waals surface area contributed by atoms with Crippen molar-refractivity contribution in [2.75, 3.05) is 31.6 Å². The minimum Gasteiger partial charge on any atom is -0.378 e. The lowest BCUT2D eigenvalue weighted by atomic mass is 10.2. The number of aromatic nitrogens is 1. The molecule has 7 heteroatoms. The van der Waals surface area contributed by atoms with Crippen LogP contribution in [-0.4, -0.2) is 42.1 Å². The highest BCUT2D eigenvalue weighted by Crippen LogP contribution is 2.27. The van der Waals surface area contributed by atoms with E-state index in [9.17, 15) is 4.79 Å². The van der Waals surface area contributed by atoms with Gasteiger partial charge in [-0.3, -0.25) is 4.79 Å². The number of carbonyl (C=O) groups is 1. The third-order valence-corrected chi connectivity index (χ3v) is 4.06. The third kappa shape index (κ3) is 3.93. The van der Waals surface area contributed by atoms with Crippen LogP contribution in [0.3, 0.4) is 0 Å². The van der Waals surface area contributed by atoms with Crippen LogP contribution in [0.15, 0.2) is 36.5 Å². The fourth-order valence-electron chi connectivity index (χ4n) is 2.27. The van der Waals surface area contributed by atoms with Crippen molar-refractivity contribution in [1.29, 1.82) is 0 Å². The molecule has 1 aromatic carbocycles. The van der Waals surface area contributed by atoms with Crippen LogP contribution in [0.25, 0.3) is 0 Å². The van der Waals surface area contributed by atoms with Gasteiger partial charge in [0.05, 0.1) is 29.5 Å². The molecule has 0 radical (unpaired) electrons. The van der Waals surface area contributed by atoms with Crippen molar-refractivity contribution in [2.24, 2.45) is 0 Å². The standard InChI is InChI=1S/C16H15Cl2N3O2/c17-12-2-3-13(18)14(9-12)20-15-4-1-11(10-19-15)16(22)21-5-7-23-8-6-21/h1-4,9-10H,5-8H2,(H,19,20). The number of pyridine rings is 1. The molecule has 3 rings (SSSR count). The lowest BCUT2D eigenvalue weighted by Crippen LogP contribution is -2.40. The molecule has 1 saturated heterocycles. The van der Waals surface area contributed by atoms with Crippen LogP contribution in [0.5, 0.6) is 0 Å². The van der Waals surface area contributed by atoms with Gasteiger partial charge in [0.15, 0.2) is 0 Å². The summed E-state index contributed by atoms with van der Waals surface area (Å²) in [6.45, 7) is 2.37. The van der Waals surface area contributed by atoms with Crippen molar-refractivity contribution in [3.05, 3.63) is 52.1 Å². The van der Waals surface area contributed by atoms with E-state index >= 15 is 0 Å². The number of hydrogen-bond donors (Lipinski definition) is 1. The number of amides is 1. The highest BCUT2D eigenvalue weighted by molar-refractivity contribution is 6.35. The fourth-order valence-corrected chi connectivity index (χ4v) is 2.61. The lowest BCUT2D eigenvalue weighted by molar-refractivity contribution is 0.0302. The van der Waals surface area contributed by atoms with E-state index in [1.54, 1.807) is 41.4 Å². The quantitative estimate of drug-likeness (QED) is 0.917. The van der Waals surface area contributed by atoms with Crippen molar-refractivity contribution in [1.82, 2.24) is 9.88 Å². The van der Waals surface area contributed by atoms with Crippen LogP contribution in [-0.2, 0) is 4.74 Å². The molecule has 1 aliphatic rings. The molecule has 0 saturated carbocycles. The van der Waals surface area contributed by atoms with E-state index in [0.717, 1.165) is 0 Å². The SMILES string of the molecule is O=C(c1ccc(Nc2cc(Cl)ccc2Cl)nc1)N1CCOCC1. The van der Waals surface area contributed by atoms with Gasteiger partial charge >= 0.3 is 0 Å². The predicted octanol–water partition coefficient (Wildman–Crippen LogP) is 3.60. The maximum absolute atomic E-state index is 12.3. The van der Waals surface area contributed by atoms with E-state index < -0.39 is 0 Å². The van der Waals surface area contributed by atoms with Crippen LogP contribution in [0, 0.1) is 0 Å². The van der Waals surface area contributed by atoms with Gasteiger partial charge in [0, 0.05) is 24.3 Å². The Morgan fingerprint density at radius 2 is 1.96 bits per heavy atom. The van der Waals surface area contributed by atoms with E-state index in [4.69, 9.17) is 27.9 Å². The Bertz CT molecular complexity index is 701. The van der Waals surface area contributed by atoms with Crippen molar-refractivity contribution >= 4 is 40.6 Å². The number of morpholine rings is 1. The molecule has 1 fully saturated rings. The first-order valence-electron chi connectivity index (χ1n) is 7.18. The second-order valence-corrected chi connectivity index (χ2v) is 5.93. The average molecular weight is 352 g/mol. The summed E-state index contributed by atoms with van der Waals surface area (Å²) < 4.78 is 5.25. The van der Waals surface area contributed by atoms with Gasteiger partial charge in [-0.05, 0) is 30.3 Å². The maximum atomic E-state index is 12.3. The Kier molecular flexibility index (Phi) is 5.00. The lowest BCUT2D eigenvalue weighted by Gasteiger charge is -2.26. The number of benzene rings is 1. The molecule has 0 spiro atoms. The molecule has 2 heterocycles. The molecular weight excluding hydrogens is 337 g/mol. The van der Waals surface area contributed by atoms with Gasteiger partial charge in [0.1, 0.15) is 5.82 Å². The molecule has 1 aliphatic heterocycles. The van der Waals surface area contributed by atoms with Gasteiger partial charge in [-0.25, -0.2) is 4.98 Å². The Morgan fingerprint density at radius 1 is 1.17 bits per heavy atom. The van der Waals surface area contributed by atoms with E-state index in [0.29, 0.717) is 53.4 Å². The summed E-state index contributed by atoms with van der Waals surface area (Å²) in [5.74, 6) is 0.556. The minimum absolute atomic E-state index is 0.0341. The summed E-state index contributed by atoms with van der Waals surface area (Å²) in [6, 6.07) is 8.63. The van der Waals surface area contributed by atoms with Gasteiger partial charge in [-0.1, -0.05) is 23.2 Å². The zero-order chi connectivity index (χ0) is 16.2. The molecule has 120 valence electrons. The van der Waals surface area contributed by atoms with E-state index in [-0.39, 0.29) is 5.91 Å². The molecule has 23 heavy (non-hydrogen) atoms. The summed E-state index contributed by atoms with van der Waals surface area (Å²) in [5, 5.41) is 4.21. The van der Waals surface area contributed by atoms with Crippen molar-refractivity contribution in [2.45, 2.75) is 0 Å². The Hall–Kier alpha value is -1.82. The van der Waals surface area contributed by atoms with Gasteiger partial charge in [-0.2, -0.15) is 0 Å². The normalized spacial score (nSPS) is 14.6. The summed E-state index contributed by atoms with van der Waals surface area (Å²) in [4.78, 5) is 18.4. The molecule has 0 unspecified atom stereocenters. The van der Waals surface area contributed by atoms with Crippen LogP contribution < -0.4 is 5.32 Å². The molecule has 0 bridgehead atoms. The zero-order valence-electron chi connectivity index (χ0n) is 12.3. The first-order chi connectivity index (χ1) is 11.1. The monoisotopic (exact) mass is 351 g/mol. The maximum Gasteiger partial charge on any atom is 0.255 e. The molecule has 2 aromatic rings. The molecule has 5 nitrogen and oxygen atoms in total. The molecule has 1 N–H and O–H groups in total. The first-order valence-corrected chi connectivity index (χ1v) is 7.94. The Labute approximate surface area is 144 Å². The van der Waals surface area contributed by atoms with Crippen molar-refractivity contribution in [3.8, 4) is 0 Å². The van der Waals surface area contributed by atoms with Crippen LogP contribution in [0.1, 0.15) is 10.4 Å². The number of nitrogens with zero attached hydrogens (tertiary/aromatic N) is 2. The largest absolute Gasteiger partial charge is 0.378 e. The van der Waals surface area contributed by atoms with Gasteiger partial charge < -0.3 is 15.0 Å². The van der Waals surface area contributed by atoms with Gasteiger partial charge in [-0.15, -0.1) is 0 Å². The summed E-state index contributed by atoms with van der Waals surface area (Å²) >= 11 is 12.1. The zero-order valence-corrected chi connectivity index (χ0v) is 13.8. The van der Waals surface area contributed by atoms with E-state index in [2.05, 4.69) is 10.3 Å². The second kappa shape index (κ2) is 7.17. The number of carbonyl (C=O) groups excluding carboxylic acids is 1.